The first kappa shape index (κ1) is 16.5. The number of aromatic nitrogens is 2. The minimum absolute atomic E-state index is 0.792. The molecule has 0 atom stereocenters. The summed E-state index contributed by atoms with van der Waals surface area (Å²) in [5.74, 6) is 1.64. The van der Waals surface area contributed by atoms with E-state index in [9.17, 15) is 0 Å². The lowest BCUT2D eigenvalue weighted by Crippen LogP contribution is -2.17. The van der Waals surface area contributed by atoms with Gasteiger partial charge < -0.3 is 9.73 Å². The average molecular weight is 293 g/mol. The van der Waals surface area contributed by atoms with Gasteiger partial charge in [-0.15, -0.1) is 10.2 Å². The van der Waals surface area contributed by atoms with E-state index in [-0.39, 0.29) is 0 Å². The molecule has 120 valence electrons. The monoisotopic (exact) mass is 293 g/mol. The predicted octanol–water partition coefficient (Wildman–Crippen LogP) is 4.05. The second-order valence-electron chi connectivity index (χ2n) is 6.29. The van der Waals surface area contributed by atoms with Crippen LogP contribution in [0.5, 0.6) is 0 Å². The summed E-state index contributed by atoms with van der Waals surface area (Å²) in [7, 11) is 0. The molecule has 4 heteroatoms. The number of nitrogens with one attached hydrogen (secondary N) is 1. The summed E-state index contributed by atoms with van der Waals surface area (Å²) < 4.78 is 5.70. The Kier molecular flexibility index (Phi) is 7.79. The van der Waals surface area contributed by atoms with E-state index >= 15 is 0 Å². The molecule has 2 rings (SSSR count). The molecule has 1 aliphatic rings. The van der Waals surface area contributed by atoms with Crippen molar-refractivity contribution in [2.45, 2.75) is 90.0 Å². The van der Waals surface area contributed by atoms with E-state index in [1.807, 2.05) is 0 Å². The van der Waals surface area contributed by atoms with Gasteiger partial charge in [0, 0.05) is 18.9 Å². The molecule has 0 bridgehead atoms. The van der Waals surface area contributed by atoms with E-state index in [1.54, 1.807) is 0 Å². The van der Waals surface area contributed by atoms with Gasteiger partial charge in [0.1, 0.15) is 0 Å². The van der Waals surface area contributed by atoms with Crippen LogP contribution in [0.15, 0.2) is 4.42 Å². The predicted molar refractivity (Wildman–Crippen MR) is 85.3 cm³/mol. The van der Waals surface area contributed by atoms with E-state index in [1.165, 1.54) is 57.8 Å². The number of hydrogen-bond acceptors (Lipinski definition) is 4. The third-order valence-corrected chi connectivity index (χ3v) is 4.08. The quantitative estimate of drug-likeness (QED) is 0.557. The van der Waals surface area contributed by atoms with Crippen LogP contribution in [0.4, 0.5) is 0 Å². The zero-order valence-corrected chi connectivity index (χ0v) is 13.6. The van der Waals surface area contributed by atoms with E-state index in [0.717, 1.165) is 43.6 Å². The first-order chi connectivity index (χ1) is 10.4. The lowest BCUT2D eigenvalue weighted by Gasteiger charge is -2.00. The van der Waals surface area contributed by atoms with Gasteiger partial charge in [0.05, 0.1) is 0 Å². The minimum Gasteiger partial charge on any atom is -0.425 e. The molecule has 1 aliphatic carbocycles. The summed E-state index contributed by atoms with van der Waals surface area (Å²) in [6.07, 6.45) is 14.9. The second kappa shape index (κ2) is 9.93. The fourth-order valence-electron chi connectivity index (χ4n) is 2.56. The molecule has 1 saturated carbocycles. The zero-order valence-electron chi connectivity index (χ0n) is 13.6. The molecule has 4 nitrogen and oxygen atoms in total. The minimum atomic E-state index is 0.792. The van der Waals surface area contributed by atoms with Crippen molar-refractivity contribution in [3.63, 3.8) is 0 Å². The molecule has 1 heterocycles. The van der Waals surface area contributed by atoms with Crippen molar-refractivity contribution in [2.75, 3.05) is 6.54 Å². The highest BCUT2D eigenvalue weighted by Crippen LogP contribution is 2.18. The maximum Gasteiger partial charge on any atom is 0.216 e. The van der Waals surface area contributed by atoms with Gasteiger partial charge in [0.15, 0.2) is 0 Å². The molecule has 1 aromatic rings. The van der Waals surface area contributed by atoms with Crippen LogP contribution >= 0.6 is 0 Å². The van der Waals surface area contributed by atoms with Crippen molar-refractivity contribution in [1.82, 2.24) is 15.5 Å². The summed E-state index contributed by atoms with van der Waals surface area (Å²) in [5.41, 5.74) is 0. The van der Waals surface area contributed by atoms with Crippen LogP contribution in [-0.2, 0) is 12.8 Å². The van der Waals surface area contributed by atoms with Gasteiger partial charge in [-0.05, 0) is 32.2 Å². The Morgan fingerprint density at radius 3 is 2.19 bits per heavy atom. The van der Waals surface area contributed by atoms with Crippen molar-refractivity contribution < 1.29 is 4.42 Å². The maximum absolute atomic E-state index is 5.70. The molecule has 1 aromatic heterocycles. The van der Waals surface area contributed by atoms with Gasteiger partial charge in [0.2, 0.25) is 11.8 Å². The fourth-order valence-corrected chi connectivity index (χ4v) is 2.56. The van der Waals surface area contributed by atoms with E-state index in [2.05, 4.69) is 22.4 Å². The lowest BCUT2D eigenvalue weighted by molar-refractivity contribution is 0.433. The van der Waals surface area contributed by atoms with Crippen LogP contribution in [0.3, 0.4) is 0 Å². The summed E-state index contributed by atoms with van der Waals surface area (Å²) in [5, 5.41) is 11.8. The summed E-state index contributed by atoms with van der Waals surface area (Å²) >= 11 is 0. The molecule has 0 aromatic carbocycles. The first-order valence-corrected chi connectivity index (χ1v) is 8.93. The van der Waals surface area contributed by atoms with Crippen molar-refractivity contribution in [2.24, 2.45) is 0 Å². The second-order valence-corrected chi connectivity index (χ2v) is 6.29. The molecule has 21 heavy (non-hydrogen) atoms. The van der Waals surface area contributed by atoms with Crippen LogP contribution in [0.2, 0.25) is 0 Å². The number of unbranched alkanes of at least 4 members (excludes halogenated alkanes) is 6. The molecule has 1 fully saturated rings. The van der Waals surface area contributed by atoms with Gasteiger partial charge in [0.25, 0.3) is 0 Å². The lowest BCUT2D eigenvalue weighted by atomic mass is 10.1. The highest BCUT2D eigenvalue weighted by Gasteiger charge is 2.19. The number of hydrogen-bond donors (Lipinski definition) is 1. The molecular weight excluding hydrogens is 262 g/mol. The third kappa shape index (κ3) is 7.60. The fraction of sp³-hybridized carbons (Fsp3) is 0.882. The molecule has 0 unspecified atom stereocenters. The van der Waals surface area contributed by atoms with Crippen LogP contribution < -0.4 is 5.32 Å². The molecule has 0 aliphatic heterocycles. The Labute approximate surface area is 129 Å². The normalized spacial score (nSPS) is 14.7. The summed E-state index contributed by atoms with van der Waals surface area (Å²) in [6, 6.07) is 0.792. The van der Waals surface area contributed by atoms with Crippen molar-refractivity contribution >= 4 is 0 Å². The van der Waals surface area contributed by atoms with Crippen LogP contribution in [0.25, 0.3) is 0 Å². The van der Waals surface area contributed by atoms with Crippen molar-refractivity contribution in [1.29, 1.82) is 0 Å². The molecular formula is C17H31N3O. The smallest absolute Gasteiger partial charge is 0.216 e. The summed E-state index contributed by atoms with van der Waals surface area (Å²) in [6.45, 7) is 3.33. The standard InChI is InChI=1S/C17H31N3O/c1-2-3-4-5-6-7-8-10-16-19-20-17(21-16)11-9-14-18-15-12-13-15/h15,18H,2-14H2,1H3. The van der Waals surface area contributed by atoms with Gasteiger partial charge in [-0.25, -0.2) is 0 Å². The van der Waals surface area contributed by atoms with E-state index < -0.39 is 0 Å². The molecule has 0 spiro atoms. The third-order valence-electron chi connectivity index (χ3n) is 4.08. The molecule has 1 N–H and O–H groups in total. The number of nitrogens with zero attached hydrogens (tertiary/aromatic N) is 2. The maximum atomic E-state index is 5.70. The van der Waals surface area contributed by atoms with Crippen LogP contribution in [0.1, 0.15) is 82.9 Å². The topological polar surface area (TPSA) is 51.0 Å². The van der Waals surface area contributed by atoms with Gasteiger partial charge in [-0.2, -0.15) is 0 Å². The van der Waals surface area contributed by atoms with Crippen molar-refractivity contribution in [3.05, 3.63) is 11.8 Å². The van der Waals surface area contributed by atoms with E-state index in [0.29, 0.717) is 0 Å². The highest BCUT2D eigenvalue weighted by atomic mass is 16.4. The van der Waals surface area contributed by atoms with Gasteiger partial charge in [-0.1, -0.05) is 45.4 Å². The van der Waals surface area contributed by atoms with Gasteiger partial charge >= 0.3 is 0 Å². The summed E-state index contributed by atoms with van der Waals surface area (Å²) in [4.78, 5) is 0. The Balaban J connectivity index is 1.46. The first-order valence-electron chi connectivity index (χ1n) is 8.93. The van der Waals surface area contributed by atoms with Crippen LogP contribution in [0, 0.1) is 0 Å². The number of aryl methyl sites for hydroxylation is 2. The number of rotatable bonds is 13. The SMILES string of the molecule is CCCCCCCCCc1nnc(CCCNC2CC2)o1. The highest BCUT2D eigenvalue weighted by molar-refractivity contribution is 4.84. The molecule has 0 radical (unpaired) electrons. The van der Waals surface area contributed by atoms with Gasteiger partial charge in [-0.3, -0.25) is 0 Å². The Morgan fingerprint density at radius 1 is 0.905 bits per heavy atom. The van der Waals surface area contributed by atoms with Crippen LogP contribution in [-0.4, -0.2) is 22.8 Å². The largest absolute Gasteiger partial charge is 0.425 e. The van der Waals surface area contributed by atoms with Crippen molar-refractivity contribution in [3.8, 4) is 0 Å². The molecule has 0 amide bonds. The Bertz CT molecular complexity index is 374. The average Bonchev–Trinajstić information content (AvgIpc) is 3.21. The molecule has 0 saturated heterocycles. The zero-order chi connectivity index (χ0) is 14.8. The Hall–Kier alpha value is -0.900. The Morgan fingerprint density at radius 2 is 1.52 bits per heavy atom. The van der Waals surface area contributed by atoms with E-state index in [4.69, 9.17) is 4.42 Å².